The molecule has 0 radical (unpaired) electrons. The molecule has 0 unspecified atom stereocenters. The zero-order valence-electron chi connectivity index (χ0n) is 7.19. The van der Waals surface area contributed by atoms with Gasteiger partial charge in [-0.3, -0.25) is 0 Å². The molecule has 0 aliphatic heterocycles. The summed E-state index contributed by atoms with van der Waals surface area (Å²) in [4.78, 5) is -1.34. The number of halogens is 3. The molecule has 0 heterocycles. The van der Waals surface area contributed by atoms with Crippen LogP contribution in [0.25, 0.3) is 0 Å². The molecule has 0 fully saturated rings. The zero-order valence-corrected chi connectivity index (χ0v) is 11.1. The highest BCUT2D eigenvalue weighted by atomic mass is 35.7. The highest BCUT2D eigenvalue weighted by Gasteiger charge is 2.22. The minimum absolute atomic E-state index is 0.570. The van der Waals surface area contributed by atoms with Crippen molar-refractivity contribution >= 4 is 51.1 Å². The van der Waals surface area contributed by atoms with Crippen LogP contribution in [0.1, 0.15) is 0 Å². The molecule has 1 aromatic carbocycles. The topological polar surface area (TPSA) is 88.5 Å². The van der Waals surface area contributed by atoms with Crippen LogP contribution in [0, 0.1) is 0 Å². The van der Waals surface area contributed by atoms with Gasteiger partial charge in [0.1, 0.15) is 15.7 Å². The lowest BCUT2D eigenvalue weighted by Gasteiger charge is -2.04. The molecular weight excluding hydrogens is 323 g/mol. The van der Waals surface area contributed by atoms with Crippen LogP contribution in [0.15, 0.2) is 21.9 Å². The highest BCUT2D eigenvalue weighted by molar-refractivity contribution is 8.14. The monoisotopic (exact) mass is 324 g/mol. The molecule has 1 rings (SSSR count). The van der Waals surface area contributed by atoms with Crippen LogP contribution < -0.4 is 0 Å². The average molecular weight is 326 g/mol. The van der Waals surface area contributed by atoms with Crippen molar-refractivity contribution in [3.8, 4) is 5.75 Å². The maximum Gasteiger partial charge on any atom is 0.262 e. The van der Waals surface area contributed by atoms with Crippen molar-refractivity contribution in [1.29, 1.82) is 0 Å². The van der Waals surface area contributed by atoms with Gasteiger partial charge in [-0.15, -0.1) is 0 Å². The Balaban J connectivity index is 3.72. The van der Waals surface area contributed by atoms with E-state index < -0.39 is 38.7 Å². The van der Waals surface area contributed by atoms with Crippen LogP contribution in [0.4, 0.5) is 0 Å². The Labute approximate surface area is 105 Å². The van der Waals surface area contributed by atoms with Gasteiger partial charge in [0, 0.05) is 27.4 Å². The fraction of sp³-hybridized carbons (Fsp3) is 0. The second kappa shape index (κ2) is 4.23. The van der Waals surface area contributed by atoms with Crippen LogP contribution in [-0.2, 0) is 18.1 Å². The lowest BCUT2D eigenvalue weighted by Crippen LogP contribution is -1.97. The van der Waals surface area contributed by atoms with Crippen molar-refractivity contribution in [3.63, 3.8) is 0 Å². The van der Waals surface area contributed by atoms with E-state index in [4.69, 9.17) is 33.0 Å². The Bertz CT molecular complexity index is 634. The second-order valence-corrected chi connectivity index (χ2v) is 8.11. The molecule has 90 valence electrons. The Morgan fingerprint density at radius 2 is 1.50 bits per heavy atom. The van der Waals surface area contributed by atoms with Gasteiger partial charge < -0.3 is 5.11 Å². The van der Waals surface area contributed by atoms with Crippen molar-refractivity contribution in [2.75, 3.05) is 0 Å². The maximum absolute atomic E-state index is 11.0. The van der Waals surface area contributed by atoms with E-state index in [1.807, 2.05) is 0 Å². The molecule has 0 spiro atoms. The fourth-order valence-corrected chi connectivity index (χ4v) is 3.21. The van der Waals surface area contributed by atoms with E-state index in [1.54, 1.807) is 0 Å². The van der Waals surface area contributed by atoms with E-state index in [0.29, 0.717) is 6.07 Å². The third-order valence-electron chi connectivity index (χ3n) is 1.54. The first-order chi connectivity index (χ1) is 7.03. The van der Waals surface area contributed by atoms with Gasteiger partial charge in [0.25, 0.3) is 18.1 Å². The van der Waals surface area contributed by atoms with E-state index in [9.17, 15) is 21.9 Å². The van der Waals surface area contributed by atoms with Crippen LogP contribution in [0.3, 0.4) is 0 Å². The first-order valence-electron chi connectivity index (χ1n) is 3.45. The van der Waals surface area contributed by atoms with E-state index in [2.05, 4.69) is 0 Å². The summed E-state index contributed by atoms with van der Waals surface area (Å²) in [7, 11) is 1.51. The number of phenolic OH excluding ortho intramolecular Hbond substituents is 1. The van der Waals surface area contributed by atoms with Crippen molar-refractivity contribution in [1.82, 2.24) is 0 Å². The summed E-state index contributed by atoms with van der Waals surface area (Å²) in [6, 6.07) is 1.38. The summed E-state index contributed by atoms with van der Waals surface area (Å²) in [5.74, 6) is -0.748. The maximum atomic E-state index is 11.0. The van der Waals surface area contributed by atoms with E-state index in [0.717, 1.165) is 6.07 Å². The van der Waals surface area contributed by atoms with Crippen molar-refractivity contribution in [2.24, 2.45) is 0 Å². The molecule has 0 amide bonds. The molecule has 5 nitrogen and oxygen atoms in total. The van der Waals surface area contributed by atoms with Gasteiger partial charge in [-0.1, -0.05) is 11.6 Å². The minimum Gasteiger partial charge on any atom is -0.506 e. The third-order valence-corrected chi connectivity index (χ3v) is 4.73. The lowest BCUT2D eigenvalue weighted by atomic mass is 10.3. The zero-order chi connectivity index (χ0) is 12.7. The molecule has 0 atom stereocenters. The number of phenols is 1. The van der Waals surface area contributed by atoms with E-state index in [-0.39, 0.29) is 0 Å². The fourth-order valence-electron chi connectivity index (χ4n) is 0.877. The van der Waals surface area contributed by atoms with Crippen molar-refractivity contribution in [2.45, 2.75) is 9.79 Å². The molecule has 1 N–H and O–H groups in total. The van der Waals surface area contributed by atoms with Gasteiger partial charge in [0.15, 0.2) is 0 Å². The highest BCUT2D eigenvalue weighted by Crippen LogP contribution is 2.35. The van der Waals surface area contributed by atoms with E-state index >= 15 is 0 Å². The van der Waals surface area contributed by atoms with Crippen LogP contribution in [-0.4, -0.2) is 21.9 Å². The Kier molecular flexibility index (Phi) is 3.66. The predicted octanol–water partition coefficient (Wildman–Crippen LogP) is 1.90. The van der Waals surface area contributed by atoms with Crippen LogP contribution in [0.5, 0.6) is 5.75 Å². The molecule has 1 aromatic rings. The second-order valence-electron chi connectivity index (χ2n) is 2.63. The molecular formula is C6H3Cl3O5S2. The lowest BCUT2D eigenvalue weighted by molar-refractivity contribution is 0.471. The quantitative estimate of drug-likeness (QED) is 0.839. The van der Waals surface area contributed by atoms with E-state index in [1.165, 1.54) is 0 Å². The summed E-state index contributed by atoms with van der Waals surface area (Å²) in [6.45, 7) is 0. The number of benzene rings is 1. The first kappa shape index (κ1) is 13.9. The average Bonchev–Trinajstić information content (AvgIpc) is 2.05. The Hall–Kier alpha value is -0.210. The molecule has 10 heteroatoms. The predicted molar refractivity (Wildman–Crippen MR) is 59.2 cm³/mol. The number of hydrogen-bond acceptors (Lipinski definition) is 5. The largest absolute Gasteiger partial charge is 0.506 e. The van der Waals surface area contributed by atoms with Gasteiger partial charge in [-0.2, -0.15) is 0 Å². The summed E-state index contributed by atoms with van der Waals surface area (Å²) in [5.41, 5.74) is 0. The minimum atomic E-state index is -4.28. The van der Waals surface area contributed by atoms with Crippen LogP contribution in [0.2, 0.25) is 5.02 Å². The summed E-state index contributed by atoms with van der Waals surface area (Å²) < 4.78 is 43.9. The van der Waals surface area contributed by atoms with Gasteiger partial charge >= 0.3 is 0 Å². The van der Waals surface area contributed by atoms with Gasteiger partial charge in [-0.05, 0) is 6.07 Å². The first-order valence-corrected chi connectivity index (χ1v) is 8.45. The SMILES string of the molecule is O=S(=O)(Cl)c1cc(O)c(Cl)c(S(=O)(=O)Cl)c1. The molecule has 0 bridgehead atoms. The molecule has 0 aromatic heterocycles. The smallest absolute Gasteiger partial charge is 0.262 e. The molecule has 0 aliphatic carbocycles. The number of hydrogen-bond donors (Lipinski definition) is 1. The third kappa shape index (κ3) is 2.92. The molecule has 16 heavy (non-hydrogen) atoms. The van der Waals surface area contributed by atoms with Gasteiger partial charge in [0.2, 0.25) is 0 Å². The summed E-state index contributed by atoms with van der Waals surface area (Å²) in [6.07, 6.45) is 0. The summed E-state index contributed by atoms with van der Waals surface area (Å²) in [5, 5.41) is 8.66. The summed E-state index contributed by atoms with van der Waals surface area (Å²) >= 11 is 5.45. The van der Waals surface area contributed by atoms with Crippen molar-refractivity contribution in [3.05, 3.63) is 17.2 Å². The molecule has 0 saturated heterocycles. The van der Waals surface area contributed by atoms with Crippen LogP contribution >= 0.6 is 33.0 Å². The molecule has 0 aliphatic rings. The molecule has 0 saturated carbocycles. The van der Waals surface area contributed by atoms with Gasteiger partial charge in [-0.25, -0.2) is 16.8 Å². The number of rotatable bonds is 2. The van der Waals surface area contributed by atoms with Crippen molar-refractivity contribution < 1.29 is 21.9 Å². The number of aromatic hydroxyl groups is 1. The Morgan fingerprint density at radius 1 is 1.00 bits per heavy atom. The Morgan fingerprint density at radius 3 is 1.88 bits per heavy atom. The van der Waals surface area contributed by atoms with Gasteiger partial charge in [0.05, 0.1) is 4.90 Å². The normalized spacial score (nSPS) is 12.7. The standard InChI is InChI=1S/C6H3Cl3O5S2/c7-6-4(10)1-3(15(8,11)12)2-5(6)16(9,13)14/h1-2,10H.